The Morgan fingerprint density at radius 3 is 2.56 bits per heavy atom. The van der Waals surface area contributed by atoms with Gasteiger partial charge < -0.3 is 11.2 Å². The first-order valence-corrected chi connectivity index (χ1v) is 9.47. The molecule has 3 N–H and O–H groups in total. The number of nitrogens with two attached hydrogens (primary N) is 1. The summed E-state index contributed by atoms with van der Waals surface area (Å²) in [6.45, 7) is 8.15. The fourth-order valence-electron chi connectivity index (χ4n) is 2.58. The maximum absolute atomic E-state index is 12.4. The molecule has 0 aliphatic carbocycles. The Kier molecular flexibility index (Phi) is 5.50. The van der Waals surface area contributed by atoms with E-state index in [1.807, 2.05) is 58.0 Å². The van der Waals surface area contributed by atoms with Gasteiger partial charge in [-0.25, -0.2) is 9.36 Å². The van der Waals surface area contributed by atoms with E-state index in [4.69, 9.17) is 5.84 Å². The number of benzene rings is 1. The van der Waals surface area contributed by atoms with Crippen LogP contribution in [-0.4, -0.2) is 35.8 Å². The van der Waals surface area contributed by atoms with Crippen LogP contribution in [-0.2, 0) is 11.3 Å². The zero-order valence-electron chi connectivity index (χ0n) is 15.8. The van der Waals surface area contributed by atoms with Gasteiger partial charge in [-0.05, 0) is 39.3 Å². The van der Waals surface area contributed by atoms with E-state index in [1.165, 1.54) is 22.0 Å². The number of aryl methyl sites for hydroxylation is 3. The molecular formula is C18H23N7OS. The number of carbonyl (C=O) groups is 1. The van der Waals surface area contributed by atoms with Crippen molar-refractivity contribution in [2.45, 2.75) is 44.6 Å². The molecule has 2 aromatic heterocycles. The second-order valence-corrected chi connectivity index (χ2v) is 7.76. The maximum Gasteiger partial charge on any atom is 0.271 e. The Balaban J connectivity index is 1.63. The van der Waals surface area contributed by atoms with Crippen molar-refractivity contribution in [3.63, 3.8) is 0 Å². The highest BCUT2D eigenvalue weighted by Crippen LogP contribution is 2.22. The number of nitrogens with one attached hydrogen (secondary N) is 1. The first-order valence-electron chi connectivity index (χ1n) is 8.59. The van der Waals surface area contributed by atoms with Crippen LogP contribution in [0.4, 0.5) is 0 Å². The lowest BCUT2D eigenvalue weighted by Gasteiger charge is -2.12. The zero-order valence-corrected chi connectivity index (χ0v) is 16.6. The highest BCUT2D eigenvalue weighted by molar-refractivity contribution is 8.00. The molecule has 8 nitrogen and oxygen atoms in total. The molecule has 27 heavy (non-hydrogen) atoms. The fourth-order valence-corrected chi connectivity index (χ4v) is 3.37. The summed E-state index contributed by atoms with van der Waals surface area (Å²) in [6, 6.07) is 9.99. The molecule has 142 valence electrons. The first-order chi connectivity index (χ1) is 12.8. The molecular weight excluding hydrogens is 362 g/mol. The summed E-state index contributed by atoms with van der Waals surface area (Å²) in [6.07, 6.45) is 0. The highest BCUT2D eigenvalue weighted by atomic mass is 32.2. The van der Waals surface area contributed by atoms with Gasteiger partial charge in [0.25, 0.3) is 5.95 Å². The van der Waals surface area contributed by atoms with Crippen molar-refractivity contribution < 1.29 is 4.79 Å². The van der Waals surface area contributed by atoms with Gasteiger partial charge in [0, 0.05) is 12.2 Å². The number of rotatable bonds is 6. The van der Waals surface area contributed by atoms with Crippen LogP contribution >= 0.6 is 11.8 Å². The van der Waals surface area contributed by atoms with Crippen molar-refractivity contribution in [2.24, 2.45) is 0 Å². The topological polar surface area (TPSA) is 104 Å². The summed E-state index contributed by atoms with van der Waals surface area (Å²) in [5.74, 6) is 6.44. The molecule has 1 atom stereocenters. The SMILES string of the molecule is Cc1ccc(CNC(=O)C(C)Sc2nnc(-n3nc(C)cc3C)n2N)cc1. The second kappa shape index (κ2) is 7.83. The fraction of sp³-hybridized carbons (Fsp3) is 0.333. The highest BCUT2D eigenvalue weighted by Gasteiger charge is 2.20. The average molecular weight is 385 g/mol. The average Bonchev–Trinajstić information content (AvgIpc) is 3.15. The Morgan fingerprint density at radius 1 is 1.22 bits per heavy atom. The smallest absolute Gasteiger partial charge is 0.271 e. The van der Waals surface area contributed by atoms with E-state index in [9.17, 15) is 4.79 Å². The van der Waals surface area contributed by atoms with Gasteiger partial charge in [-0.1, -0.05) is 41.6 Å². The Labute approximate surface area is 162 Å². The monoisotopic (exact) mass is 385 g/mol. The molecule has 0 aliphatic rings. The summed E-state index contributed by atoms with van der Waals surface area (Å²) >= 11 is 1.26. The third-order valence-corrected chi connectivity index (χ3v) is 5.14. The molecule has 0 saturated carbocycles. The molecule has 0 fully saturated rings. The molecule has 1 aromatic carbocycles. The van der Waals surface area contributed by atoms with Crippen LogP contribution in [0.1, 0.15) is 29.4 Å². The van der Waals surface area contributed by atoms with E-state index in [0.717, 1.165) is 17.0 Å². The minimum Gasteiger partial charge on any atom is -0.351 e. The summed E-state index contributed by atoms with van der Waals surface area (Å²) in [4.78, 5) is 12.4. The number of nitrogens with zero attached hydrogens (tertiary/aromatic N) is 5. The van der Waals surface area contributed by atoms with Gasteiger partial charge in [-0.15, -0.1) is 10.2 Å². The van der Waals surface area contributed by atoms with E-state index in [-0.39, 0.29) is 11.2 Å². The number of nitrogen functional groups attached to an aromatic ring is 1. The van der Waals surface area contributed by atoms with Crippen molar-refractivity contribution in [1.82, 2.24) is 30.0 Å². The van der Waals surface area contributed by atoms with E-state index in [2.05, 4.69) is 20.6 Å². The zero-order chi connectivity index (χ0) is 19.6. The quantitative estimate of drug-likeness (QED) is 0.496. The molecule has 0 aliphatic heterocycles. The van der Waals surface area contributed by atoms with E-state index in [0.29, 0.717) is 17.6 Å². The molecule has 0 radical (unpaired) electrons. The van der Waals surface area contributed by atoms with Gasteiger partial charge in [-0.3, -0.25) is 4.79 Å². The van der Waals surface area contributed by atoms with Gasteiger partial charge in [0.1, 0.15) is 0 Å². The van der Waals surface area contributed by atoms with Crippen molar-refractivity contribution in [3.05, 3.63) is 52.8 Å². The summed E-state index contributed by atoms with van der Waals surface area (Å²) in [5, 5.41) is 15.6. The molecule has 2 heterocycles. The predicted octanol–water partition coefficient (Wildman–Crippen LogP) is 1.90. The Morgan fingerprint density at radius 2 is 1.93 bits per heavy atom. The van der Waals surface area contributed by atoms with E-state index in [1.54, 1.807) is 4.68 Å². The number of amides is 1. The van der Waals surface area contributed by atoms with E-state index < -0.39 is 0 Å². The van der Waals surface area contributed by atoms with Gasteiger partial charge in [0.2, 0.25) is 11.1 Å². The molecule has 1 unspecified atom stereocenters. The van der Waals surface area contributed by atoms with Crippen LogP contribution in [0.3, 0.4) is 0 Å². The Hall–Kier alpha value is -2.81. The summed E-state index contributed by atoms with van der Waals surface area (Å²) < 4.78 is 2.99. The van der Waals surface area contributed by atoms with Gasteiger partial charge in [-0.2, -0.15) is 5.10 Å². The number of aromatic nitrogens is 5. The van der Waals surface area contributed by atoms with Crippen LogP contribution in [0.2, 0.25) is 0 Å². The second-order valence-electron chi connectivity index (χ2n) is 6.45. The van der Waals surface area contributed by atoms with Crippen LogP contribution in [0.25, 0.3) is 5.95 Å². The largest absolute Gasteiger partial charge is 0.351 e. The van der Waals surface area contributed by atoms with Crippen LogP contribution in [0.15, 0.2) is 35.5 Å². The lowest BCUT2D eigenvalue weighted by Crippen LogP contribution is -2.31. The van der Waals surface area contributed by atoms with Gasteiger partial charge in [0.05, 0.1) is 10.9 Å². The lowest BCUT2D eigenvalue weighted by atomic mass is 10.1. The van der Waals surface area contributed by atoms with Crippen LogP contribution in [0, 0.1) is 20.8 Å². The third-order valence-electron chi connectivity index (χ3n) is 4.08. The van der Waals surface area contributed by atoms with Crippen molar-refractivity contribution in [2.75, 3.05) is 5.84 Å². The van der Waals surface area contributed by atoms with Crippen LogP contribution in [0.5, 0.6) is 0 Å². The predicted molar refractivity (Wildman–Crippen MR) is 105 cm³/mol. The number of hydrogen-bond donors (Lipinski definition) is 2. The molecule has 0 spiro atoms. The third kappa shape index (κ3) is 4.30. The molecule has 3 rings (SSSR count). The van der Waals surface area contributed by atoms with Crippen molar-refractivity contribution in [3.8, 4) is 5.95 Å². The van der Waals surface area contributed by atoms with E-state index >= 15 is 0 Å². The van der Waals surface area contributed by atoms with Crippen LogP contribution < -0.4 is 11.2 Å². The molecule has 0 saturated heterocycles. The maximum atomic E-state index is 12.4. The molecule has 3 aromatic rings. The number of carbonyl (C=O) groups excluding carboxylic acids is 1. The normalized spacial score (nSPS) is 12.1. The molecule has 1 amide bonds. The summed E-state index contributed by atoms with van der Waals surface area (Å²) in [5.41, 5.74) is 4.02. The summed E-state index contributed by atoms with van der Waals surface area (Å²) in [7, 11) is 0. The van der Waals surface area contributed by atoms with Crippen molar-refractivity contribution >= 4 is 17.7 Å². The molecule has 9 heteroatoms. The van der Waals surface area contributed by atoms with Crippen molar-refractivity contribution in [1.29, 1.82) is 0 Å². The lowest BCUT2D eigenvalue weighted by molar-refractivity contribution is -0.120. The van der Waals surface area contributed by atoms with Gasteiger partial charge in [0.15, 0.2) is 0 Å². The molecule has 0 bridgehead atoms. The first kappa shape index (κ1) is 19.0. The number of hydrogen-bond acceptors (Lipinski definition) is 6. The van der Waals surface area contributed by atoms with Gasteiger partial charge >= 0.3 is 0 Å². The standard InChI is InChI=1S/C18H23N7OS/c1-11-5-7-15(8-6-11)10-20-16(26)14(4)27-18-22-21-17(24(18)19)25-13(3)9-12(2)23-25/h5-9,14H,10,19H2,1-4H3,(H,20,26). The minimum absolute atomic E-state index is 0.0868. The number of thioether (sulfide) groups is 1. The Bertz CT molecular complexity index is 945. The minimum atomic E-state index is -0.366.